The van der Waals surface area contributed by atoms with Gasteiger partial charge in [0, 0.05) is 25.8 Å². The van der Waals surface area contributed by atoms with Gasteiger partial charge in [0.25, 0.3) is 0 Å². The Balaban J connectivity index is 2.61. The van der Waals surface area contributed by atoms with Gasteiger partial charge in [0.05, 0.1) is 0 Å². The summed E-state index contributed by atoms with van der Waals surface area (Å²) in [6.45, 7) is 9.71. The molecule has 3 heteroatoms. The molecule has 0 spiro atoms. The summed E-state index contributed by atoms with van der Waals surface area (Å²) in [6.07, 6.45) is 2.94. The van der Waals surface area contributed by atoms with E-state index < -0.39 is 0 Å². The summed E-state index contributed by atoms with van der Waals surface area (Å²) in [5.74, 6) is 0.867. The van der Waals surface area contributed by atoms with Crippen molar-refractivity contribution in [3.05, 3.63) is 18.1 Å². The minimum Gasteiger partial charge on any atom is -0.349 e. The predicted octanol–water partition coefficient (Wildman–Crippen LogP) is 0.999. The van der Waals surface area contributed by atoms with E-state index in [1.54, 1.807) is 6.21 Å². The van der Waals surface area contributed by atoms with Gasteiger partial charge in [-0.15, -0.1) is 0 Å². The van der Waals surface area contributed by atoms with Crippen molar-refractivity contribution in [2.45, 2.75) is 13.3 Å². The Morgan fingerprint density at radius 2 is 2.38 bits per heavy atom. The van der Waals surface area contributed by atoms with Crippen molar-refractivity contribution < 1.29 is 0 Å². The summed E-state index contributed by atoms with van der Waals surface area (Å²) in [4.78, 5) is 6.44. The molecule has 0 atom stereocenters. The Kier molecular flexibility index (Phi) is 4.30. The third kappa shape index (κ3) is 3.05. The van der Waals surface area contributed by atoms with Gasteiger partial charge >= 0.3 is 0 Å². The Morgan fingerprint density at radius 3 is 3.08 bits per heavy atom. The van der Waals surface area contributed by atoms with Crippen molar-refractivity contribution >= 4 is 6.21 Å². The molecule has 0 radical (unpaired) electrons. The van der Waals surface area contributed by atoms with E-state index >= 15 is 0 Å². The molecule has 1 aliphatic rings. The van der Waals surface area contributed by atoms with E-state index in [0.717, 1.165) is 38.4 Å². The average molecular weight is 179 g/mol. The third-order valence-corrected chi connectivity index (χ3v) is 2.05. The predicted molar refractivity (Wildman–Crippen MR) is 55.9 cm³/mol. The van der Waals surface area contributed by atoms with Crippen LogP contribution in [0.2, 0.25) is 0 Å². The summed E-state index contributed by atoms with van der Waals surface area (Å²) in [7, 11) is 0. The highest BCUT2D eigenvalue weighted by Crippen LogP contribution is 2.05. The lowest BCUT2D eigenvalue weighted by Crippen LogP contribution is -2.26. The van der Waals surface area contributed by atoms with Crippen LogP contribution in [0.4, 0.5) is 0 Å². The fraction of sp³-hybridized carbons (Fsp3) is 0.600. The Bertz CT molecular complexity index is 218. The minimum atomic E-state index is 0.867. The highest BCUT2D eigenvalue weighted by Gasteiger charge is 2.09. The molecule has 1 heterocycles. The van der Waals surface area contributed by atoms with Crippen LogP contribution in [0.25, 0.3) is 0 Å². The van der Waals surface area contributed by atoms with Crippen LogP contribution in [0.5, 0.6) is 0 Å². The maximum absolute atomic E-state index is 4.22. The van der Waals surface area contributed by atoms with Gasteiger partial charge in [0.1, 0.15) is 0 Å². The van der Waals surface area contributed by atoms with Crippen LogP contribution in [0.1, 0.15) is 13.3 Å². The second kappa shape index (κ2) is 5.57. The lowest BCUT2D eigenvalue weighted by Gasteiger charge is -2.20. The highest BCUT2D eigenvalue weighted by atomic mass is 15.2. The lowest BCUT2D eigenvalue weighted by atomic mass is 10.4. The maximum atomic E-state index is 4.22. The van der Waals surface area contributed by atoms with E-state index in [4.69, 9.17) is 0 Å². The lowest BCUT2D eigenvalue weighted by molar-refractivity contribution is 0.365. The van der Waals surface area contributed by atoms with Crippen molar-refractivity contribution in [3.63, 3.8) is 0 Å². The molecule has 1 saturated heterocycles. The molecule has 13 heavy (non-hydrogen) atoms. The smallest absolute Gasteiger partial charge is 0.172 e. The second-order valence-electron chi connectivity index (χ2n) is 2.98. The first-order chi connectivity index (χ1) is 6.38. The zero-order valence-corrected chi connectivity index (χ0v) is 8.21. The fourth-order valence-electron chi connectivity index (χ4n) is 1.42. The van der Waals surface area contributed by atoms with E-state index in [9.17, 15) is 0 Å². The summed E-state index contributed by atoms with van der Waals surface area (Å²) in [5.41, 5.74) is 2.87. The van der Waals surface area contributed by atoms with Gasteiger partial charge in [0.2, 0.25) is 0 Å². The Hall–Kier alpha value is -1.05. The molecule has 72 valence electrons. The summed E-state index contributed by atoms with van der Waals surface area (Å²) in [5, 5.41) is 3.34. The van der Waals surface area contributed by atoms with Crippen molar-refractivity contribution in [1.29, 1.82) is 0 Å². The van der Waals surface area contributed by atoms with E-state index in [-0.39, 0.29) is 0 Å². The monoisotopic (exact) mass is 179 g/mol. The van der Waals surface area contributed by atoms with Crippen molar-refractivity contribution in [3.8, 4) is 0 Å². The van der Waals surface area contributed by atoms with Gasteiger partial charge in [-0.1, -0.05) is 12.3 Å². The summed E-state index contributed by atoms with van der Waals surface area (Å²) >= 11 is 0. The van der Waals surface area contributed by atoms with Crippen LogP contribution < -0.4 is 5.32 Å². The zero-order valence-electron chi connectivity index (χ0n) is 8.21. The molecule has 1 rings (SSSR count). The van der Waals surface area contributed by atoms with E-state index in [0.29, 0.717) is 0 Å². The van der Waals surface area contributed by atoms with E-state index in [2.05, 4.69) is 27.5 Å². The molecule has 0 bridgehead atoms. The van der Waals surface area contributed by atoms with E-state index in [1.807, 2.05) is 6.92 Å². The second-order valence-corrected chi connectivity index (χ2v) is 2.98. The van der Waals surface area contributed by atoms with Gasteiger partial charge < -0.3 is 10.2 Å². The van der Waals surface area contributed by atoms with Crippen molar-refractivity contribution in [2.75, 3.05) is 26.2 Å². The Morgan fingerprint density at radius 1 is 1.54 bits per heavy atom. The molecule has 0 saturated carbocycles. The first kappa shape index (κ1) is 10.0. The standard InChI is InChI=1S/C10H17N3/c1-3-10(12-4-2)13-8-5-6-11-7-9-13/h4,11H,1,5-9H2,2H3/b12-4-. The Labute approximate surface area is 79.8 Å². The molecule has 0 amide bonds. The van der Waals surface area contributed by atoms with Gasteiger partial charge in [0.15, 0.2) is 5.82 Å². The van der Waals surface area contributed by atoms with Crippen molar-refractivity contribution in [2.24, 2.45) is 4.99 Å². The van der Waals surface area contributed by atoms with Crippen LogP contribution in [0.3, 0.4) is 0 Å². The van der Waals surface area contributed by atoms with Crippen LogP contribution in [-0.4, -0.2) is 37.3 Å². The van der Waals surface area contributed by atoms with Gasteiger partial charge in [-0.2, -0.15) is 0 Å². The van der Waals surface area contributed by atoms with Crippen LogP contribution in [0, 0.1) is 0 Å². The number of rotatable bonds is 2. The van der Waals surface area contributed by atoms with Gasteiger partial charge in [-0.25, -0.2) is 4.99 Å². The van der Waals surface area contributed by atoms with Crippen molar-refractivity contribution in [1.82, 2.24) is 10.2 Å². The number of hydrogen-bond donors (Lipinski definition) is 1. The fourth-order valence-corrected chi connectivity index (χ4v) is 1.42. The quantitative estimate of drug-likeness (QED) is 0.506. The molecule has 0 unspecified atom stereocenters. The molecule has 0 aliphatic carbocycles. The van der Waals surface area contributed by atoms with Gasteiger partial charge in [-0.3, -0.25) is 0 Å². The van der Waals surface area contributed by atoms with Crippen LogP contribution in [0.15, 0.2) is 23.1 Å². The first-order valence-corrected chi connectivity index (χ1v) is 4.73. The normalized spacial score (nSPS) is 18.4. The minimum absolute atomic E-state index is 0.867. The molecule has 1 fully saturated rings. The van der Waals surface area contributed by atoms with E-state index in [1.165, 1.54) is 0 Å². The zero-order chi connectivity index (χ0) is 9.52. The summed E-state index contributed by atoms with van der Waals surface area (Å²) in [6, 6.07) is 0. The molecule has 1 N–H and O–H groups in total. The molecule has 0 aromatic rings. The molecule has 1 aliphatic heterocycles. The maximum Gasteiger partial charge on any atom is 0.172 e. The SMILES string of the molecule is C=C=C(/N=C\C)N1CCCNCC1. The molecule has 0 aromatic heterocycles. The largest absolute Gasteiger partial charge is 0.349 e. The topological polar surface area (TPSA) is 27.6 Å². The number of nitrogens with one attached hydrogen (secondary N) is 1. The third-order valence-electron chi connectivity index (χ3n) is 2.05. The number of hydrogen-bond acceptors (Lipinski definition) is 3. The molecule has 3 nitrogen and oxygen atoms in total. The van der Waals surface area contributed by atoms with Gasteiger partial charge in [-0.05, 0) is 19.9 Å². The van der Waals surface area contributed by atoms with Crippen LogP contribution in [-0.2, 0) is 0 Å². The molecular formula is C10H17N3. The number of nitrogens with zero attached hydrogens (tertiary/aromatic N) is 2. The molecule has 0 aromatic carbocycles. The first-order valence-electron chi connectivity index (χ1n) is 4.73. The van der Waals surface area contributed by atoms with Crippen LogP contribution >= 0.6 is 0 Å². The number of aliphatic imine (C=N–C) groups is 1. The molecular weight excluding hydrogens is 162 g/mol. The highest BCUT2D eigenvalue weighted by molar-refractivity contribution is 5.55. The average Bonchev–Trinajstić information content (AvgIpc) is 2.42. The summed E-state index contributed by atoms with van der Waals surface area (Å²) < 4.78 is 0.